The van der Waals surface area contributed by atoms with Gasteiger partial charge in [-0.3, -0.25) is 15.0 Å². The van der Waals surface area contributed by atoms with Crippen LogP contribution in [0.2, 0.25) is 0 Å². The van der Waals surface area contributed by atoms with Crippen molar-refractivity contribution in [1.29, 1.82) is 5.26 Å². The van der Waals surface area contributed by atoms with Crippen molar-refractivity contribution in [2.75, 3.05) is 6.54 Å². The molecule has 0 radical (unpaired) electrons. The van der Waals surface area contributed by atoms with Gasteiger partial charge in [-0.05, 0) is 37.4 Å². The summed E-state index contributed by atoms with van der Waals surface area (Å²) >= 11 is 0. The zero-order valence-electron chi connectivity index (χ0n) is 10.4. The summed E-state index contributed by atoms with van der Waals surface area (Å²) in [5.74, 6) is -0.826. The molecule has 1 aromatic rings. The molecule has 0 N–H and O–H groups in total. The molecule has 0 saturated carbocycles. The normalized spacial score (nSPS) is 19.9. The number of nitrogens with zero attached hydrogens (tertiary/aromatic N) is 3. The van der Waals surface area contributed by atoms with E-state index >= 15 is 0 Å². The lowest BCUT2D eigenvalue weighted by Gasteiger charge is -2.31. The van der Waals surface area contributed by atoms with E-state index in [9.17, 15) is 14.5 Å². The van der Waals surface area contributed by atoms with Crippen LogP contribution in [0.5, 0.6) is 0 Å². The van der Waals surface area contributed by atoms with E-state index in [2.05, 4.69) is 6.07 Å². The third kappa shape index (κ3) is 3.06. The lowest BCUT2D eigenvalue weighted by Crippen LogP contribution is -2.37. The van der Waals surface area contributed by atoms with E-state index in [-0.39, 0.29) is 6.04 Å². The molecule has 2 rings (SSSR count). The molecule has 0 aliphatic carbocycles. The summed E-state index contributed by atoms with van der Waals surface area (Å²) in [6.07, 6.45) is 2.88. The molecule has 19 heavy (non-hydrogen) atoms. The number of piperidine rings is 1. The second-order valence-electron chi connectivity index (χ2n) is 4.65. The number of rotatable bonds is 3. The Morgan fingerprint density at radius 1 is 1.53 bits per heavy atom. The molecule has 0 amide bonds. The second-order valence-corrected chi connectivity index (χ2v) is 4.65. The maximum Gasteiger partial charge on any atom is 0.304 e. The second kappa shape index (κ2) is 5.76. The number of benzene rings is 1. The maximum atomic E-state index is 13.5. The average molecular weight is 263 g/mol. The standard InChI is InChI=1S/C13H14FN3O2/c14-12-7-10(4-5-13(12)17(18)19)9-16-6-2-1-3-11(16)8-15/h4-5,7,11H,1-3,6,9H2. The highest BCUT2D eigenvalue weighted by Crippen LogP contribution is 2.22. The van der Waals surface area contributed by atoms with E-state index in [1.165, 1.54) is 12.1 Å². The molecule has 100 valence electrons. The van der Waals surface area contributed by atoms with Gasteiger partial charge in [0.15, 0.2) is 0 Å². The van der Waals surface area contributed by atoms with Gasteiger partial charge in [0.05, 0.1) is 17.0 Å². The Hall–Kier alpha value is -2.00. The SMILES string of the molecule is N#CC1CCCCN1Cc1ccc([N+](=O)[O-])c(F)c1. The van der Waals surface area contributed by atoms with Crippen molar-refractivity contribution >= 4 is 5.69 Å². The lowest BCUT2D eigenvalue weighted by molar-refractivity contribution is -0.387. The minimum atomic E-state index is -0.826. The summed E-state index contributed by atoms with van der Waals surface area (Å²) in [6, 6.07) is 6.00. The fourth-order valence-electron chi connectivity index (χ4n) is 2.36. The van der Waals surface area contributed by atoms with Crippen LogP contribution in [0.3, 0.4) is 0 Å². The molecule has 0 bridgehead atoms. The van der Waals surface area contributed by atoms with Gasteiger partial charge in [-0.1, -0.05) is 6.07 Å². The number of nitro benzene ring substituents is 1. The number of likely N-dealkylation sites (tertiary alicyclic amines) is 1. The van der Waals surface area contributed by atoms with Gasteiger partial charge in [0.2, 0.25) is 5.82 Å². The Kier molecular flexibility index (Phi) is 4.07. The molecule has 1 aliphatic rings. The van der Waals surface area contributed by atoms with Crippen LogP contribution in [0.15, 0.2) is 18.2 Å². The van der Waals surface area contributed by atoms with Crippen molar-refractivity contribution < 1.29 is 9.31 Å². The van der Waals surface area contributed by atoms with Crippen LogP contribution < -0.4 is 0 Å². The zero-order valence-corrected chi connectivity index (χ0v) is 10.4. The number of nitro groups is 1. The van der Waals surface area contributed by atoms with Crippen molar-refractivity contribution in [2.24, 2.45) is 0 Å². The fraction of sp³-hybridized carbons (Fsp3) is 0.462. The Bertz CT molecular complexity index is 527. The number of hydrogen-bond acceptors (Lipinski definition) is 4. The van der Waals surface area contributed by atoms with Gasteiger partial charge in [0, 0.05) is 12.6 Å². The van der Waals surface area contributed by atoms with Crippen molar-refractivity contribution in [1.82, 2.24) is 4.90 Å². The number of nitriles is 1. The predicted molar refractivity (Wildman–Crippen MR) is 66.7 cm³/mol. The third-order valence-corrected chi connectivity index (χ3v) is 3.36. The molecule has 1 aromatic carbocycles. The highest BCUT2D eigenvalue weighted by Gasteiger charge is 2.22. The van der Waals surface area contributed by atoms with Crippen LogP contribution in [0, 0.1) is 27.3 Å². The first-order valence-electron chi connectivity index (χ1n) is 6.18. The minimum Gasteiger partial charge on any atom is -0.284 e. The van der Waals surface area contributed by atoms with Gasteiger partial charge >= 0.3 is 5.69 Å². The van der Waals surface area contributed by atoms with Gasteiger partial charge in [0.1, 0.15) is 0 Å². The van der Waals surface area contributed by atoms with Crippen LogP contribution in [0.25, 0.3) is 0 Å². The van der Waals surface area contributed by atoms with Gasteiger partial charge < -0.3 is 0 Å². The smallest absolute Gasteiger partial charge is 0.284 e. The van der Waals surface area contributed by atoms with Gasteiger partial charge in [-0.25, -0.2) is 0 Å². The van der Waals surface area contributed by atoms with Gasteiger partial charge in [0.25, 0.3) is 0 Å². The first-order chi connectivity index (χ1) is 9.11. The summed E-state index contributed by atoms with van der Waals surface area (Å²) in [7, 11) is 0. The van der Waals surface area contributed by atoms with Crippen molar-refractivity contribution in [3.63, 3.8) is 0 Å². The monoisotopic (exact) mass is 263 g/mol. The molecule has 6 heteroatoms. The summed E-state index contributed by atoms with van der Waals surface area (Å²) < 4.78 is 13.5. The van der Waals surface area contributed by atoms with Crippen molar-refractivity contribution in [2.45, 2.75) is 31.8 Å². The fourth-order valence-corrected chi connectivity index (χ4v) is 2.36. The Morgan fingerprint density at radius 3 is 2.95 bits per heavy atom. The van der Waals surface area contributed by atoms with Crippen LogP contribution in [0.4, 0.5) is 10.1 Å². The number of hydrogen-bond donors (Lipinski definition) is 0. The molecule has 0 aromatic heterocycles. The van der Waals surface area contributed by atoms with Gasteiger partial charge in [-0.2, -0.15) is 9.65 Å². The quantitative estimate of drug-likeness (QED) is 0.620. The van der Waals surface area contributed by atoms with Gasteiger partial charge in [-0.15, -0.1) is 0 Å². The molecule has 1 atom stereocenters. The molecule has 5 nitrogen and oxygen atoms in total. The van der Waals surface area contributed by atoms with E-state index < -0.39 is 16.4 Å². The Morgan fingerprint density at radius 2 is 2.32 bits per heavy atom. The summed E-state index contributed by atoms with van der Waals surface area (Å²) in [5, 5.41) is 19.6. The van der Waals surface area contributed by atoms with Crippen LogP contribution in [-0.2, 0) is 6.54 Å². The van der Waals surface area contributed by atoms with E-state index in [4.69, 9.17) is 5.26 Å². The topological polar surface area (TPSA) is 70.2 Å². The molecule has 1 unspecified atom stereocenters. The first-order valence-corrected chi connectivity index (χ1v) is 6.18. The van der Waals surface area contributed by atoms with Crippen LogP contribution >= 0.6 is 0 Å². The number of halogens is 1. The Labute approximate surface area is 110 Å². The largest absolute Gasteiger partial charge is 0.304 e. The zero-order chi connectivity index (χ0) is 13.8. The molecule has 1 heterocycles. The summed E-state index contributed by atoms with van der Waals surface area (Å²) in [6.45, 7) is 1.25. The maximum absolute atomic E-state index is 13.5. The minimum absolute atomic E-state index is 0.146. The van der Waals surface area contributed by atoms with Crippen LogP contribution in [0.1, 0.15) is 24.8 Å². The highest BCUT2D eigenvalue weighted by molar-refractivity contribution is 5.35. The molecule has 1 aliphatic heterocycles. The van der Waals surface area contributed by atoms with Crippen molar-refractivity contribution in [3.8, 4) is 6.07 Å². The highest BCUT2D eigenvalue weighted by atomic mass is 19.1. The molecule has 1 saturated heterocycles. The van der Waals surface area contributed by atoms with E-state index in [0.29, 0.717) is 12.1 Å². The van der Waals surface area contributed by atoms with E-state index in [1.807, 2.05) is 4.90 Å². The molecule has 1 fully saturated rings. The van der Waals surface area contributed by atoms with E-state index in [1.54, 1.807) is 6.07 Å². The average Bonchev–Trinajstić information content (AvgIpc) is 2.39. The summed E-state index contributed by atoms with van der Waals surface area (Å²) in [5.41, 5.74) is 0.143. The van der Waals surface area contributed by atoms with Crippen LogP contribution in [-0.4, -0.2) is 22.4 Å². The molecular weight excluding hydrogens is 249 g/mol. The predicted octanol–water partition coefficient (Wildman–Crippen LogP) is 2.61. The lowest BCUT2D eigenvalue weighted by atomic mass is 10.0. The Balaban J connectivity index is 2.13. The first kappa shape index (κ1) is 13.4. The van der Waals surface area contributed by atoms with Crippen molar-refractivity contribution in [3.05, 3.63) is 39.7 Å². The van der Waals surface area contributed by atoms with E-state index in [0.717, 1.165) is 25.8 Å². The third-order valence-electron chi connectivity index (χ3n) is 3.36. The molecular formula is C13H14FN3O2. The summed E-state index contributed by atoms with van der Waals surface area (Å²) in [4.78, 5) is 11.8. The molecule has 0 spiro atoms.